The molecule has 1 fully saturated rings. The number of amides is 2. The molecular formula is C28H31N3O4. The molecule has 2 N–H and O–H groups in total. The third kappa shape index (κ3) is 7.32. The van der Waals surface area contributed by atoms with Gasteiger partial charge >= 0.3 is 0 Å². The van der Waals surface area contributed by atoms with Crippen molar-refractivity contribution in [3.05, 3.63) is 90.0 Å². The van der Waals surface area contributed by atoms with Gasteiger partial charge in [0, 0.05) is 43.2 Å². The second kappa shape index (κ2) is 12.0. The molecule has 1 aliphatic heterocycles. The molecule has 4 rings (SSSR count). The predicted octanol–water partition coefficient (Wildman–Crippen LogP) is 4.57. The Kier molecular flexibility index (Phi) is 8.35. The van der Waals surface area contributed by atoms with Gasteiger partial charge in [0.1, 0.15) is 12.4 Å². The fourth-order valence-corrected chi connectivity index (χ4v) is 3.93. The zero-order valence-electron chi connectivity index (χ0n) is 19.9. The summed E-state index contributed by atoms with van der Waals surface area (Å²) in [6.07, 6.45) is 2.25. The maximum Gasteiger partial charge on any atom is 0.253 e. The average molecular weight is 474 g/mol. The van der Waals surface area contributed by atoms with E-state index < -0.39 is 0 Å². The van der Waals surface area contributed by atoms with Crippen LogP contribution in [0.5, 0.6) is 5.75 Å². The van der Waals surface area contributed by atoms with E-state index in [2.05, 4.69) is 10.6 Å². The molecule has 3 aromatic rings. The highest BCUT2D eigenvalue weighted by molar-refractivity contribution is 5.98. The van der Waals surface area contributed by atoms with Gasteiger partial charge in [-0.05, 0) is 48.7 Å². The Morgan fingerprint density at radius 1 is 1.00 bits per heavy atom. The Balaban J connectivity index is 1.27. The van der Waals surface area contributed by atoms with Crippen LogP contribution in [0.1, 0.15) is 28.8 Å². The van der Waals surface area contributed by atoms with E-state index in [-0.39, 0.29) is 24.5 Å². The molecule has 7 heteroatoms. The fourth-order valence-electron chi connectivity index (χ4n) is 3.93. The van der Waals surface area contributed by atoms with Crippen LogP contribution in [0.2, 0.25) is 0 Å². The highest BCUT2D eigenvalue weighted by Crippen LogP contribution is 2.20. The van der Waals surface area contributed by atoms with Crippen LogP contribution < -0.4 is 15.4 Å². The van der Waals surface area contributed by atoms with Crippen molar-refractivity contribution in [3.8, 4) is 5.75 Å². The molecule has 182 valence electrons. The normalized spacial score (nSPS) is 14.8. The highest BCUT2D eigenvalue weighted by atomic mass is 16.5. The van der Waals surface area contributed by atoms with Gasteiger partial charge in [0.25, 0.3) is 5.91 Å². The minimum Gasteiger partial charge on any atom is -0.491 e. The summed E-state index contributed by atoms with van der Waals surface area (Å²) in [6.45, 7) is 1.92. The monoisotopic (exact) mass is 473 g/mol. The number of anilines is 2. The number of hydrogen-bond acceptors (Lipinski definition) is 5. The van der Waals surface area contributed by atoms with Crippen molar-refractivity contribution in [1.82, 2.24) is 4.90 Å². The van der Waals surface area contributed by atoms with E-state index in [0.29, 0.717) is 24.4 Å². The number of carbonyl (C=O) groups is 2. The standard InChI is InChI=1S/C28H31N3O4/c1-31(19-21-8-3-2-4-9-21)28(33)22-10-5-12-24(16-22)30-27(32)18-29-23-11-6-13-25(17-23)35-20-26-14-7-15-34-26/h2-6,8-13,16-17,26,29H,7,14-15,18-20H2,1H3,(H,30,32). The second-order valence-electron chi connectivity index (χ2n) is 8.60. The van der Waals surface area contributed by atoms with Crippen molar-refractivity contribution in [3.63, 3.8) is 0 Å². The Morgan fingerprint density at radius 3 is 2.60 bits per heavy atom. The summed E-state index contributed by atoms with van der Waals surface area (Å²) < 4.78 is 11.4. The second-order valence-corrected chi connectivity index (χ2v) is 8.60. The first-order valence-corrected chi connectivity index (χ1v) is 11.8. The van der Waals surface area contributed by atoms with Crippen LogP contribution >= 0.6 is 0 Å². The zero-order chi connectivity index (χ0) is 24.5. The van der Waals surface area contributed by atoms with E-state index in [4.69, 9.17) is 9.47 Å². The van der Waals surface area contributed by atoms with Gasteiger partial charge in [-0.15, -0.1) is 0 Å². The maximum absolute atomic E-state index is 12.8. The molecule has 0 radical (unpaired) electrons. The van der Waals surface area contributed by atoms with E-state index in [0.717, 1.165) is 36.4 Å². The summed E-state index contributed by atoms with van der Waals surface area (Å²) in [5.41, 5.74) is 2.94. The minimum absolute atomic E-state index is 0.0846. The molecule has 3 aromatic carbocycles. The van der Waals surface area contributed by atoms with Crippen LogP contribution in [-0.2, 0) is 16.1 Å². The Labute approximate surface area is 206 Å². The molecule has 0 saturated carbocycles. The Morgan fingerprint density at radius 2 is 1.80 bits per heavy atom. The SMILES string of the molecule is CN(Cc1ccccc1)C(=O)c1cccc(NC(=O)CNc2cccc(OCC3CCCO3)c2)c1. The number of benzene rings is 3. The predicted molar refractivity (Wildman–Crippen MR) is 137 cm³/mol. The Bertz CT molecular complexity index is 1130. The van der Waals surface area contributed by atoms with E-state index in [9.17, 15) is 9.59 Å². The van der Waals surface area contributed by atoms with Gasteiger partial charge in [-0.25, -0.2) is 0 Å². The molecule has 0 aliphatic carbocycles. The van der Waals surface area contributed by atoms with Gasteiger partial charge in [-0.3, -0.25) is 9.59 Å². The highest BCUT2D eigenvalue weighted by Gasteiger charge is 2.16. The van der Waals surface area contributed by atoms with E-state index in [1.807, 2.05) is 54.6 Å². The third-order valence-corrected chi connectivity index (χ3v) is 5.75. The molecule has 1 atom stereocenters. The molecule has 1 unspecified atom stereocenters. The van der Waals surface area contributed by atoms with Crippen molar-refractivity contribution in [2.24, 2.45) is 0 Å². The van der Waals surface area contributed by atoms with Crippen LogP contribution in [0.25, 0.3) is 0 Å². The molecule has 1 aliphatic rings. The van der Waals surface area contributed by atoms with Gasteiger partial charge in [-0.2, -0.15) is 0 Å². The Hall–Kier alpha value is -3.84. The fraction of sp³-hybridized carbons (Fsp3) is 0.286. The number of hydrogen-bond donors (Lipinski definition) is 2. The lowest BCUT2D eigenvalue weighted by Crippen LogP contribution is -2.26. The molecule has 0 spiro atoms. The first-order valence-electron chi connectivity index (χ1n) is 11.8. The molecule has 0 bridgehead atoms. The van der Waals surface area contributed by atoms with Crippen molar-refractivity contribution in [2.45, 2.75) is 25.5 Å². The first kappa shape index (κ1) is 24.3. The van der Waals surface area contributed by atoms with Gasteiger partial charge in [-0.1, -0.05) is 42.5 Å². The molecule has 0 aromatic heterocycles. The first-order chi connectivity index (χ1) is 17.1. The molecule has 35 heavy (non-hydrogen) atoms. The van der Waals surface area contributed by atoms with E-state index in [1.54, 1.807) is 36.2 Å². The van der Waals surface area contributed by atoms with Gasteiger partial charge in [0.2, 0.25) is 5.91 Å². The van der Waals surface area contributed by atoms with Crippen LogP contribution in [0, 0.1) is 0 Å². The van der Waals surface area contributed by atoms with Crippen molar-refractivity contribution < 1.29 is 19.1 Å². The quantitative estimate of drug-likeness (QED) is 0.451. The topological polar surface area (TPSA) is 79.9 Å². The third-order valence-electron chi connectivity index (χ3n) is 5.75. The summed E-state index contributed by atoms with van der Waals surface area (Å²) in [5, 5.41) is 5.97. The summed E-state index contributed by atoms with van der Waals surface area (Å²) in [4.78, 5) is 27.0. The van der Waals surface area contributed by atoms with Crippen molar-refractivity contribution >= 4 is 23.2 Å². The smallest absolute Gasteiger partial charge is 0.253 e. The molecule has 7 nitrogen and oxygen atoms in total. The zero-order valence-corrected chi connectivity index (χ0v) is 19.9. The van der Waals surface area contributed by atoms with Gasteiger partial charge in [0.15, 0.2) is 0 Å². The lowest BCUT2D eigenvalue weighted by Gasteiger charge is -2.18. The summed E-state index contributed by atoms with van der Waals surface area (Å²) in [5.74, 6) is 0.414. The lowest BCUT2D eigenvalue weighted by atomic mass is 10.1. The largest absolute Gasteiger partial charge is 0.491 e. The molecule has 2 amide bonds. The molecular weight excluding hydrogens is 442 g/mol. The van der Waals surface area contributed by atoms with E-state index in [1.165, 1.54) is 0 Å². The number of rotatable bonds is 10. The molecule has 1 heterocycles. The summed E-state index contributed by atoms with van der Waals surface area (Å²) >= 11 is 0. The van der Waals surface area contributed by atoms with Crippen LogP contribution in [0.3, 0.4) is 0 Å². The van der Waals surface area contributed by atoms with Crippen LogP contribution in [0.15, 0.2) is 78.9 Å². The molecule has 1 saturated heterocycles. The summed E-state index contributed by atoms with van der Waals surface area (Å²) in [6, 6.07) is 24.3. The lowest BCUT2D eigenvalue weighted by molar-refractivity contribution is -0.114. The van der Waals surface area contributed by atoms with E-state index >= 15 is 0 Å². The van der Waals surface area contributed by atoms with Gasteiger partial charge in [0.05, 0.1) is 12.6 Å². The minimum atomic E-state index is -0.210. The van der Waals surface area contributed by atoms with Crippen molar-refractivity contribution in [1.29, 1.82) is 0 Å². The summed E-state index contributed by atoms with van der Waals surface area (Å²) in [7, 11) is 1.77. The number of ether oxygens (including phenoxy) is 2. The average Bonchev–Trinajstić information content (AvgIpc) is 3.41. The van der Waals surface area contributed by atoms with Gasteiger partial charge < -0.3 is 25.0 Å². The number of carbonyl (C=O) groups excluding carboxylic acids is 2. The van der Waals surface area contributed by atoms with Crippen LogP contribution in [0.4, 0.5) is 11.4 Å². The van der Waals surface area contributed by atoms with Crippen LogP contribution in [-0.4, -0.2) is 49.6 Å². The maximum atomic E-state index is 12.8. The number of nitrogens with zero attached hydrogens (tertiary/aromatic N) is 1. The van der Waals surface area contributed by atoms with Crippen molar-refractivity contribution in [2.75, 3.05) is 37.4 Å². The number of nitrogens with one attached hydrogen (secondary N) is 2.